The Morgan fingerprint density at radius 1 is 1.10 bits per heavy atom. The average molecular weight is 467 g/mol. The highest BCUT2D eigenvalue weighted by Gasteiger charge is 2.21. The van der Waals surface area contributed by atoms with Crippen LogP contribution in [0.1, 0.15) is 31.2 Å². The van der Waals surface area contributed by atoms with Gasteiger partial charge in [-0.25, -0.2) is 8.70 Å². The van der Waals surface area contributed by atoms with Crippen LogP contribution in [-0.2, 0) is 4.79 Å². The predicted octanol–water partition coefficient (Wildman–Crippen LogP) is 5.44. The van der Waals surface area contributed by atoms with Gasteiger partial charge in [-0.2, -0.15) is 4.39 Å². The first-order valence-corrected chi connectivity index (χ1v) is 12.4. The molecule has 0 radical (unpaired) electrons. The number of rotatable bonds is 9. The fraction of sp³-hybridized carbons (Fsp3) is 0.435. The van der Waals surface area contributed by atoms with Crippen molar-refractivity contribution in [2.24, 2.45) is 0 Å². The van der Waals surface area contributed by atoms with Gasteiger partial charge in [-0.1, -0.05) is 6.07 Å². The molecule has 2 aromatic carbocycles. The maximum atomic E-state index is 13.8. The molecule has 1 heterocycles. The van der Waals surface area contributed by atoms with Crippen molar-refractivity contribution < 1.29 is 18.3 Å². The predicted molar refractivity (Wildman–Crippen MR) is 123 cm³/mol. The number of hydrogen-bond donors (Lipinski definition) is 1. The molecule has 2 aromatic rings. The molecule has 0 bridgehead atoms. The van der Waals surface area contributed by atoms with E-state index in [1.54, 1.807) is 23.7 Å². The molecule has 1 saturated heterocycles. The van der Waals surface area contributed by atoms with Crippen molar-refractivity contribution in [2.75, 3.05) is 26.0 Å². The maximum absolute atomic E-state index is 13.8. The number of hydrogen-bond acceptors (Lipinski definition) is 5. The molecule has 0 atom stereocenters. The summed E-state index contributed by atoms with van der Waals surface area (Å²) in [6.45, 7) is 3.50. The van der Waals surface area contributed by atoms with Crippen molar-refractivity contribution in [1.29, 1.82) is 0 Å². The Bertz CT molecular complexity index is 873. The molecule has 1 amide bonds. The third-order valence-electron chi connectivity index (χ3n) is 5.16. The first kappa shape index (κ1) is 23.9. The molecular formula is C23H28F2N2O2S2. The summed E-state index contributed by atoms with van der Waals surface area (Å²) in [5, 5.41) is 3.08. The highest BCUT2D eigenvalue weighted by atomic mass is 32.2. The number of aryl methyl sites for hydroxylation is 1. The van der Waals surface area contributed by atoms with Gasteiger partial charge in [0.15, 0.2) is 11.6 Å². The molecular weight excluding hydrogens is 438 g/mol. The minimum absolute atomic E-state index is 0.0297. The smallest absolute Gasteiger partial charge is 0.220 e. The Morgan fingerprint density at radius 3 is 2.45 bits per heavy atom. The summed E-state index contributed by atoms with van der Waals surface area (Å²) in [6, 6.07) is 11.6. The monoisotopic (exact) mass is 466 g/mol. The number of piperidine rings is 1. The molecule has 0 aliphatic carbocycles. The van der Waals surface area contributed by atoms with Gasteiger partial charge in [-0.05, 0) is 80.3 Å². The number of nitrogens with zero attached hydrogens (tertiary/aromatic N) is 1. The normalized spacial score (nSPS) is 15.1. The SMILES string of the molecule is CSc1ccc(SN2CCC(NC(=O)CCCOc3ccc(C)c(F)c3F)CC2)cc1. The van der Waals surface area contributed by atoms with Gasteiger partial charge in [0.05, 0.1) is 6.61 Å². The van der Waals surface area contributed by atoms with E-state index in [4.69, 9.17) is 4.74 Å². The Hall–Kier alpha value is -1.77. The Morgan fingerprint density at radius 2 is 1.77 bits per heavy atom. The van der Waals surface area contributed by atoms with Crippen LogP contribution in [0.3, 0.4) is 0 Å². The van der Waals surface area contributed by atoms with Crippen LogP contribution < -0.4 is 10.1 Å². The number of halogens is 2. The van der Waals surface area contributed by atoms with E-state index in [0.717, 1.165) is 25.9 Å². The Labute approximate surface area is 191 Å². The van der Waals surface area contributed by atoms with Gasteiger partial charge in [0.25, 0.3) is 0 Å². The molecule has 1 aliphatic heterocycles. The van der Waals surface area contributed by atoms with E-state index in [2.05, 4.69) is 40.1 Å². The first-order valence-electron chi connectivity index (χ1n) is 10.4. The molecule has 0 saturated carbocycles. The van der Waals surface area contributed by atoms with Gasteiger partial charge in [0.2, 0.25) is 11.7 Å². The van der Waals surface area contributed by atoms with Gasteiger partial charge in [0.1, 0.15) is 0 Å². The number of benzene rings is 2. The van der Waals surface area contributed by atoms with Gasteiger partial charge in [0, 0.05) is 35.3 Å². The third-order valence-corrected chi connectivity index (χ3v) is 7.01. The van der Waals surface area contributed by atoms with Crippen molar-refractivity contribution >= 4 is 29.6 Å². The van der Waals surface area contributed by atoms with Crippen LogP contribution in [0.15, 0.2) is 46.2 Å². The molecule has 0 aromatic heterocycles. The summed E-state index contributed by atoms with van der Waals surface area (Å²) in [5.74, 6) is -2.01. The zero-order chi connectivity index (χ0) is 22.2. The highest BCUT2D eigenvalue weighted by molar-refractivity contribution is 7.98. The minimum atomic E-state index is -0.978. The van der Waals surface area contributed by atoms with Crippen molar-refractivity contribution in [3.63, 3.8) is 0 Å². The largest absolute Gasteiger partial charge is 0.490 e. The van der Waals surface area contributed by atoms with Gasteiger partial charge < -0.3 is 10.1 Å². The van der Waals surface area contributed by atoms with Crippen LogP contribution in [0.5, 0.6) is 5.75 Å². The first-order chi connectivity index (χ1) is 15.0. The van der Waals surface area contributed by atoms with Crippen LogP contribution >= 0.6 is 23.7 Å². The topological polar surface area (TPSA) is 41.6 Å². The molecule has 0 spiro atoms. The summed E-state index contributed by atoms with van der Waals surface area (Å²) >= 11 is 3.49. The van der Waals surface area contributed by atoms with Crippen molar-refractivity contribution in [1.82, 2.24) is 9.62 Å². The number of nitrogens with one attached hydrogen (secondary N) is 1. The fourth-order valence-corrected chi connectivity index (χ4v) is 4.69. The zero-order valence-electron chi connectivity index (χ0n) is 17.8. The van der Waals surface area contributed by atoms with Crippen LogP contribution in [0, 0.1) is 18.6 Å². The third kappa shape index (κ3) is 7.12. The van der Waals surface area contributed by atoms with E-state index in [-0.39, 0.29) is 29.9 Å². The van der Waals surface area contributed by atoms with Gasteiger partial charge >= 0.3 is 0 Å². The van der Waals surface area contributed by atoms with E-state index in [9.17, 15) is 13.6 Å². The lowest BCUT2D eigenvalue weighted by Gasteiger charge is -2.31. The summed E-state index contributed by atoms with van der Waals surface area (Å²) in [4.78, 5) is 14.7. The lowest BCUT2D eigenvalue weighted by molar-refractivity contribution is -0.122. The van der Waals surface area contributed by atoms with E-state index in [1.165, 1.54) is 28.8 Å². The highest BCUT2D eigenvalue weighted by Crippen LogP contribution is 2.28. The molecule has 8 heteroatoms. The van der Waals surface area contributed by atoms with Gasteiger partial charge in [-0.15, -0.1) is 11.8 Å². The lowest BCUT2D eigenvalue weighted by atomic mass is 10.1. The van der Waals surface area contributed by atoms with Gasteiger partial charge in [-0.3, -0.25) is 4.79 Å². The molecule has 0 unspecified atom stereocenters. The molecule has 168 valence electrons. The Kier molecular flexibility index (Phi) is 9.04. The van der Waals surface area contributed by atoms with E-state index in [1.807, 2.05) is 0 Å². The molecule has 1 fully saturated rings. The second kappa shape index (κ2) is 11.7. The van der Waals surface area contributed by atoms with E-state index >= 15 is 0 Å². The summed E-state index contributed by atoms with van der Waals surface area (Å²) < 4.78 is 34.9. The van der Waals surface area contributed by atoms with Crippen LogP contribution in [0.2, 0.25) is 0 Å². The second-order valence-electron chi connectivity index (χ2n) is 7.50. The van der Waals surface area contributed by atoms with Crippen LogP contribution in [0.4, 0.5) is 8.78 Å². The molecule has 1 aliphatic rings. The van der Waals surface area contributed by atoms with Crippen LogP contribution in [0.25, 0.3) is 0 Å². The van der Waals surface area contributed by atoms with E-state index < -0.39 is 11.6 Å². The van der Waals surface area contributed by atoms with Crippen molar-refractivity contribution in [2.45, 2.75) is 48.4 Å². The summed E-state index contributed by atoms with van der Waals surface area (Å²) in [7, 11) is 0. The number of thioether (sulfide) groups is 1. The molecule has 1 N–H and O–H groups in total. The number of carbonyl (C=O) groups excluding carboxylic acids is 1. The van der Waals surface area contributed by atoms with Crippen molar-refractivity contribution in [3.05, 3.63) is 53.6 Å². The minimum Gasteiger partial charge on any atom is -0.490 e. The molecule has 4 nitrogen and oxygen atoms in total. The quantitative estimate of drug-likeness (QED) is 0.303. The van der Waals surface area contributed by atoms with Crippen LogP contribution in [-0.4, -0.2) is 42.2 Å². The summed E-state index contributed by atoms with van der Waals surface area (Å²) in [5.41, 5.74) is 0.238. The number of carbonyl (C=O) groups is 1. The zero-order valence-corrected chi connectivity index (χ0v) is 19.5. The van der Waals surface area contributed by atoms with E-state index in [0.29, 0.717) is 12.8 Å². The number of ether oxygens (including phenoxy) is 1. The summed E-state index contributed by atoms with van der Waals surface area (Å²) in [6.07, 6.45) is 4.63. The lowest BCUT2D eigenvalue weighted by Crippen LogP contribution is -2.42. The standard InChI is InChI=1S/C23H28F2N2O2S2/c1-16-5-10-20(23(25)22(16)24)29-15-3-4-21(28)26-17-11-13-27(14-12-17)31-19-8-6-18(30-2)7-9-19/h5-10,17H,3-4,11-15H2,1-2H3,(H,26,28). The average Bonchev–Trinajstić information content (AvgIpc) is 2.78. The maximum Gasteiger partial charge on any atom is 0.220 e. The van der Waals surface area contributed by atoms with Crippen molar-refractivity contribution in [3.8, 4) is 5.75 Å². The number of amides is 1. The Balaban J connectivity index is 1.32. The molecule has 31 heavy (non-hydrogen) atoms. The fourth-order valence-electron chi connectivity index (χ4n) is 3.33. The molecule has 3 rings (SSSR count). The second-order valence-corrected chi connectivity index (χ2v) is 9.55.